The van der Waals surface area contributed by atoms with Gasteiger partial charge in [0.15, 0.2) is 5.65 Å². The van der Waals surface area contributed by atoms with Crippen molar-refractivity contribution in [2.45, 2.75) is 12.6 Å². The molecule has 0 radical (unpaired) electrons. The Hall–Kier alpha value is -2.97. The Bertz CT molecular complexity index is 1010. The van der Waals surface area contributed by atoms with E-state index in [0.717, 1.165) is 21.7 Å². The Kier molecular flexibility index (Phi) is 3.45. The van der Waals surface area contributed by atoms with Crippen LogP contribution in [0.5, 0.6) is 0 Å². The molecule has 1 aliphatic rings. The average molecular weight is 347 g/mol. The van der Waals surface area contributed by atoms with Gasteiger partial charge in [-0.25, -0.2) is 9.97 Å². The maximum absolute atomic E-state index is 12.4. The molecule has 9 heteroatoms. The van der Waals surface area contributed by atoms with E-state index in [9.17, 15) is 18.0 Å². The third kappa shape index (κ3) is 2.81. The van der Waals surface area contributed by atoms with Crippen molar-refractivity contribution in [1.29, 1.82) is 0 Å². The molecule has 25 heavy (non-hydrogen) atoms. The predicted octanol–water partition coefficient (Wildman–Crippen LogP) is 2.68. The van der Waals surface area contributed by atoms with Crippen LogP contribution in [-0.2, 0) is 4.79 Å². The molecule has 1 N–H and O–H groups in total. The van der Waals surface area contributed by atoms with E-state index in [1.54, 1.807) is 24.7 Å². The molecule has 0 unspecified atom stereocenters. The van der Waals surface area contributed by atoms with Crippen LogP contribution in [0.3, 0.4) is 0 Å². The number of amides is 1. The number of aromatic nitrogens is 4. The van der Waals surface area contributed by atoms with Crippen molar-refractivity contribution in [3.05, 3.63) is 36.4 Å². The van der Waals surface area contributed by atoms with Crippen molar-refractivity contribution >= 4 is 33.3 Å². The fraction of sp³-hybridized carbons (Fsp3) is 0.250. The molecule has 0 aliphatic carbocycles. The van der Waals surface area contributed by atoms with Crippen molar-refractivity contribution < 1.29 is 18.0 Å². The molecule has 1 aliphatic heterocycles. The first-order valence-corrected chi connectivity index (χ1v) is 7.53. The number of fused-ring (bicyclic) bond motifs is 3. The van der Waals surface area contributed by atoms with Crippen molar-refractivity contribution in [2.75, 3.05) is 13.1 Å². The monoisotopic (exact) mass is 347 g/mol. The first-order valence-electron chi connectivity index (χ1n) is 7.53. The van der Waals surface area contributed by atoms with Gasteiger partial charge >= 0.3 is 6.18 Å². The topological polar surface area (TPSA) is 74.8 Å². The number of H-pyrrole nitrogens is 1. The van der Waals surface area contributed by atoms with Crippen LogP contribution in [0.25, 0.3) is 27.4 Å². The van der Waals surface area contributed by atoms with Crippen LogP contribution in [0.2, 0.25) is 0 Å². The lowest BCUT2D eigenvalue weighted by Gasteiger charge is -2.18. The van der Waals surface area contributed by atoms with E-state index in [2.05, 4.69) is 20.2 Å². The Morgan fingerprint density at radius 2 is 2.12 bits per heavy atom. The van der Waals surface area contributed by atoms with Gasteiger partial charge in [-0.3, -0.25) is 9.89 Å². The molecule has 0 fully saturated rings. The fourth-order valence-electron chi connectivity index (χ4n) is 3.02. The Morgan fingerprint density at radius 1 is 1.28 bits per heavy atom. The lowest BCUT2D eigenvalue weighted by Crippen LogP contribution is -2.32. The zero-order valence-corrected chi connectivity index (χ0v) is 12.8. The second-order valence-corrected chi connectivity index (χ2v) is 5.81. The highest BCUT2D eigenvalue weighted by atomic mass is 19.4. The zero-order chi connectivity index (χ0) is 17.6. The van der Waals surface area contributed by atoms with Gasteiger partial charge in [0.05, 0.1) is 11.9 Å². The third-order valence-corrected chi connectivity index (χ3v) is 4.14. The second-order valence-electron chi connectivity index (χ2n) is 5.81. The first kappa shape index (κ1) is 15.6. The molecule has 3 aromatic heterocycles. The van der Waals surface area contributed by atoms with E-state index in [1.165, 1.54) is 4.90 Å². The van der Waals surface area contributed by atoms with Crippen molar-refractivity contribution in [1.82, 2.24) is 25.1 Å². The molecule has 6 nitrogen and oxygen atoms in total. The highest BCUT2D eigenvalue weighted by molar-refractivity contribution is 6.09. The lowest BCUT2D eigenvalue weighted by atomic mass is 10.0. The van der Waals surface area contributed by atoms with Crippen LogP contribution in [0, 0.1) is 0 Å². The molecule has 0 spiro atoms. The minimum atomic E-state index is -4.51. The van der Waals surface area contributed by atoms with Gasteiger partial charge in [-0.1, -0.05) is 6.08 Å². The van der Waals surface area contributed by atoms with Crippen LogP contribution in [0.4, 0.5) is 13.2 Å². The number of hydrogen-bond acceptors (Lipinski definition) is 4. The minimum Gasteiger partial charge on any atom is -0.334 e. The number of aromatic amines is 1. The summed E-state index contributed by atoms with van der Waals surface area (Å²) in [6.45, 7) is 0.242. The van der Waals surface area contributed by atoms with E-state index in [1.807, 2.05) is 6.07 Å². The number of carbonyl (C=O) groups is 1. The Balaban J connectivity index is 1.69. The summed E-state index contributed by atoms with van der Waals surface area (Å²) >= 11 is 0. The van der Waals surface area contributed by atoms with Gasteiger partial charge in [0, 0.05) is 41.6 Å². The van der Waals surface area contributed by atoms with Gasteiger partial charge in [-0.2, -0.15) is 18.3 Å². The van der Waals surface area contributed by atoms with Crippen molar-refractivity contribution in [3.63, 3.8) is 0 Å². The fourth-order valence-corrected chi connectivity index (χ4v) is 3.02. The number of nitrogens with one attached hydrogen (secondary N) is 1. The smallest absolute Gasteiger partial charge is 0.334 e. The third-order valence-electron chi connectivity index (χ3n) is 4.14. The lowest BCUT2D eigenvalue weighted by molar-refractivity contribution is -0.160. The molecular weight excluding hydrogens is 335 g/mol. The highest BCUT2D eigenvalue weighted by Gasteiger charge is 2.34. The van der Waals surface area contributed by atoms with Crippen LogP contribution in [0.15, 0.2) is 30.7 Å². The average Bonchev–Trinajstić information content (AvgIpc) is 3.22. The number of hydrogen-bond donors (Lipinski definition) is 1. The van der Waals surface area contributed by atoms with Crippen LogP contribution in [-0.4, -0.2) is 50.2 Å². The summed E-state index contributed by atoms with van der Waals surface area (Å²) < 4.78 is 37.3. The first-order chi connectivity index (χ1) is 11.9. The van der Waals surface area contributed by atoms with Gasteiger partial charge in [0.2, 0.25) is 5.91 Å². The van der Waals surface area contributed by atoms with Crippen LogP contribution < -0.4 is 0 Å². The summed E-state index contributed by atoms with van der Waals surface area (Å²) in [5.74, 6) is -0.936. The maximum Gasteiger partial charge on any atom is 0.397 e. The van der Waals surface area contributed by atoms with E-state index in [-0.39, 0.29) is 13.1 Å². The molecule has 0 saturated heterocycles. The molecule has 4 heterocycles. The quantitative estimate of drug-likeness (QED) is 0.773. The molecule has 0 aromatic carbocycles. The number of halogens is 3. The number of rotatable bonds is 2. The van der Waals surface area contributed by atoms with Gasteiger partial charge in [0.1, 0.15) is 6.42 Å². The summed E-state index contributed by atoms with van der Waals surface area (Å²) in [5.41, 5.74) is 1.97. The number of nitrogens with zero attached hydrogens (tertiary/aromatic N) is 4. The summed E-state index contributed by atoms with van der Waals surface area (Å²) in [4.78, 5) is 21.4. The Labute approximate surface area is 139 Å². The zero-order valence-electron chi connectivity index (χ0n) is 12.8. The van der Waals surface area contributed by atoms with Gasteiger partial charge in [-0.05, 0) is 11.6 Å². The van der Waals surface area contributed by atoms with Gasteiger partial charge < -0.3 is 4.90 Å². The summed E-state index contributed by atoms with van der Waals surface area (Å²) in [7, 11) is 0. The summed E-state index contributed by atoms with van der Waals surface area (Å²) in [6, 6.07) is 1.82. The molecule has 4 rings (SSSR count). The number of alkyl halides is 3. The van der Waals surface area contributed by atoms with E-state index in [4.69, 9.17) is 0 Å². The molecule has 0 saturated carbocycles. The molecule has 3 aromatic rings. The molecule has 1 amide bonds. The Morgan fingerprint density at radius 3 is 2.92 bits per heavy atom. The normalized spacial score (nSPS) is 15.2. The van der Waals surface area contributed by atoms with Crippen molar-refractivity contribution in [2.24, 2.45) is 0 Å². The molecule has 128 valence electrons. The van der Waals surface area contributed by atoms with Crippen molar-refractivity contribution in [3.8, 4) is 0 Å². The standard InChI is InChI=1S/C16H12F3N5O/c17-16(18,19)5-12(25)24-4-2-9(8-24)14-13-10(7-22-23-14)6-21-15-11(13)1-3-20-15/h1-3,6-7,23H,4-5,8H2. The number of carbonyl (C=O) groups excluding carboxylic acids is 1. The minimum absolute atomic E-state index is 0.101. The maximum atomic E-state index is 12.4. The molecule has 0 atom stereocenters. The van der Waals surface area contributed by atoms with Crippen LogP contribution >= 0.6 is 0 Å². The number of pyridine rings is 1. The van der Waals surface area contributed by atoms with E-state index < -0.39 is 18.5 Å². The predicted molar refractivity (Wildman–Crippen MR) is 84.4 cm³/mol. The highest BCUT2D eigenvalue weighted by Crippen LogP contribution is 2.31. The van der Waals surface area contributed by atoms with Gasteiger partial charge in [-0.15, -0.1) is 0 Å². The second kappa shape index (κ2) is 5.54. The van der Waals surface area contributed by atoms with E-state index >= 15 is 0 Å². The van der Waals surface area contributed by atoms with E-state index in [0.29, 0.717) is 11.3 Å². The van der Waals surface area contributed by atoms with Crippen LogP contribution in [0.1, 0.15) is 12.1 Å². The summed E-state index contributed by atoms with van der Waals surface area (Å²) in [5, 5.41) is 9.43. The largest absolute Gasteiger partial charge is 0.397 e. The molecular formula is C16H12F3N5O. The molecule has 0 bridgehead atoms. The van der Waals surface area contributed by atoms with Gasteiger partial charge in [0.25, 0.3) is 0 Å². The SMILES string of the molecule is O=C(CC(F)(F)F)N1CC=C(c2[nH]ncc3cnc4nccc4c23)C1. The summed E-state index contributed by atoms with van der Waals surface area (Å²) in [6.07, 6.45) is 0.698.